The van der Waals surface area contributed by atoms with Crippen molar-refractivity contribution >= 4 is 46.0 Å². The van der Waals surface area contributed by atoms with Crippen LogP contribution in [0.3, 0.4) is 0 Å². The van der Waals surface area contributed by atoms with Crippen LogP contribution < -0.4 is 4.90 Å². The fourth-order valence-corrected chi connectivity index (χ4v) is 4.04. The summed E-state index contributed by atoms with van der Waals surface area (Å²) >= 11 is 7.56. The summed E-state index contributed by atoms with van der Waals surface area (Å²) in [5.41, 5.74) is 4.16. The van der Waals surface area contributed by atoms with Crippen molar-refractivity contribution in [2.75, 3.05) is 25.0 Å². The van der Waals surface area contributed by atoms with Crippen LogP contribution in [-0.2, 0) is 11.3 Å². The second-order valence-corrected chi connectivity index (χ2v) is 7.72. The monoisotopic (exact) mass is 390 g/mol. The highest BCUT2D eigenvalue weighted by molar-refractivity contribution is 7.07. The summed E-state index contributed by atoms with van der Waals surface area (Å²) in [6.45, 7) is 1.99. The average Bonchev–Trinajstić information content (AvgIpc) is 3.30. The van der Waals surface area contributed by atoms with E-state index in [2.05, 4.69) is 14.9 Å². The van der Waals surface area contributed by atoms with Crippen molar-refractivity contribution < 1.29 is 9.21 Å². The van der Waals surface area contributed by atoms with Gasteiger partial charge < -0.3 is 14.2 Å². The van der Waals surface area contributed by atoms with Gasteiger partial charge in [-0.3, -0.25) is 4.79 Å². The summed E-state index contributed by atoms with van der Waals surface area (Å²) in [4.78, 5) is 25.4. The van der Waals surface area contributed by atoms with Gasteiger partial charge in [-0.15, -0.1) is 11.3 Å². The second kappa shape index (κ2) is 7.25. The van der Waals surface area contributed by atoms with Crippen LogP contribution >= 0.6 is 22.9 Å². The Kier molecular flexibility index (Phi) is 4.82. The van der Waals surface area contributed by atoms with Gasteiger partial charge in [0.1, 0.15) is 5.52 Å². The lowest BCUT2D eigenvalue weighted by atomic mass is 9.97. The maximum absolute atomic E-state index is 12.8. The molecule has 0 saturated carbocycles. The number of piperidine rings is 1. The molecule has 0 N–H and O–H groups in total. The molecular formula is C18H19ClN4O2S. The minimum atomic E-state index is -0.0639. The van der Waals surface area contributed by atoms with E-state index in [4.69, 9.17) is 16.0 Å². The molecule has 4 rings (SSSR count). The number of fused-ring (bicyclic) bond motifs is 1. The average molecular weight is 391 g/mol. The third-order valence-electron chi connectivity index (χ3n) is 4.64. The molecule has 136 valence electrons. The Balaban J connectivity index is 1.46. The second-order valence-electron chi connectivity index (χ2n) is 6.57. The number of thiazole rings is 1. The van der Waals surface area contributed by atoms with Crippen molar-refractivity contribution in [1.82, 2.24) is 14.9 Å². The minimum absolute atomic E-state index is 0.0639. The van der Waals surface area contributed by atoms with E-state index in [-0.39, 0.29) is 11.8 Å². The van der Waals surface area contributed by atoms with Crippen molar-refractivity contribution in [2.45, 2.75) is 19.4 Å². The lowest BCUT2D eigenvalue weighted by Crippen LogP contribution is -2.43. The van der Waals surface area contributed by atoms with E-state index in [1.54, 1.807) is 33.9 Å². The maximum atomic E-state index is 12.8. The Morgan fingerprint density at radius 3 is 3.19 bits per heavy atom. The van der Waals surface area contributed by atoms with Crippen molar-refractivity contribution in [3.8, 4) is 0 Å². The number of rotatable bonds is 4. The molecule has 26 heavy (non-hydrogen) atoms. The van der Waals surface area contributed by atoms with Gasteiger partial charge in [0, 0.05) is 30.5 Å². The Morgan fingerprint density at radius 2 is 2.38 bits per heavy atom. The van der Waals surface area contributed by atoms with Crippen molar-refractivity contribution in [1.29, 1.82) is 0 Å². The first kappa shape index (κ1) is 17.3. The van der Waals surface area contributed by atoms with Gasteiger partial charge >= 0.3 is 0 Å². The fourth-order valence-electron chi connectivity index (χ4n) is 3.32. The SMILES string of the molecule is CN(Cc1cscn1)C(=O)C1CCCN(c2nc3cc(Cl)ccc3o2)C1. The third-order valence-corrected chi connectivity index (χ3v) is 5.51. The van der Waals surface area contributed by atoms with Gasteiger partial charge in [0.15, 0.2) is 5.58 Å². The molecule has 1 saturated heterocycles. The van der Waals surface area contributed by atoms with Crippen molar-refractivity contribution in [3.05, 3.63) is 39.8 Å². The van der Waals surface area contributed by atoms with Crippen LogP contribution in [0.4, 0.5) is 6.01 Å². The van der Waals surface area contributed by atoms with Gasteiger partial charge in [-0.1, -0.05) is 11.6 Å². The number of carbonyl (C=O) groups excluding carboxylic acids is 1. The van der Waals surface area contributed by atoms with Crippen LogP contribution in [0.1, 0.15) is 18.5 Å². The molecule has 3 aromatic rings. The molecule has 1 atom stereocenters. The van der Waals surface area contributed by atoms with E-state index >= 15 is 0 Å². The number of nitrogens with zero attached hydrogens (tertiary/aromatic N) is 4. The maximum Gasteiger partial charge on any atom is 0.298 e. The third kappa shape index (κ3) is 3.54. The minimum Gasteiger partial charge on any atom is -0.423 e. The Morgan fingerprint density at radius 1 is 1.50 bits per heavy atom. The van der Waals surface area contributed by atoms with E-state index in [0.717, 1.165) is 30.6 Å². The number of hydrogen-bond donors (Lipinski definition) is 0. The van der Waals surface area contributed by atoms with E-state index in [1.807, 2.05) is 18.5 Å². The van der Waals surface area contributed by atoms with Gasteiger partial charge in [-0.2, -0.15) is 4.98 Å². The summed E-state index contributed by atoms with van der Waals surface area (Å²) in [5.74, 6) is 0.0767. The molecular weight excluding hydrogens is 372 g/mol. The van der Waals surface area contributed by atoms with Gasteiger partial charge in [-0.05, 0) is 31.0 Å². The van der Waals surface area contributed by atoms with E-state index in [1.165, 1.54) is 0 Å². The summed E-state index contributed by atoms with van der Waals surface area (Å²) in [7, 11) is 1.84. The number of oxazole rings is 1. The predicted molar refractivity (Wildman–Crippen MR) is 103 cm³/mol. The molecule has 1 fully saturated rings. The Labute approximate surface area is 160 Å². The van der Waals surface area contributed by atoms with Gasteiger partial charge in [0.25, 0.3) is 6.01 Å². The first-order chi connectivity index (χ1) is 12.6. The molecule has 0 bridgehead atoms. The normalized spacial score (nSPS) is 17.6. The van der Waals surface area contributed by atoms with Crippen LogP contribution in [0.15, 0.2) is 33.5 Å². The molecule has 1 aromatic carbocycles. The quantitative estimate of drug-likeness (QED) is 0.677. The highest BCUT2D eigenvalue weighted by Gasteiger charge is 2.30. The molecule has 0 aliphatic carbocycles. The van der Waals surface area contributed by atoms with Gasteiger partial charge in [0.05, 0.1) is 23.7 Å². The molecule has 1 aliphatic heterocycles. The molecule has 3 heterocycles. The topological polar surface area (TPSA) is 62.5 Å². The Hall–Kier alpha value is -2.12. The summed E-state index contributed by atoms with van der Waals surface area (Å²) in [6.07, 6.45) is 1.81. The van der Waals surface area contributed by atoms with Gasteiger partial charge in [0.2, 0.25) is 5.91 Å². The van der Waals surface area contributed by atoms with E-state index in [0.29, 0.717) is 29.7 Å². The van der Waals surface area contributed by atoms with Crippen molar-refractivity contribution in [2.24, 2.45) is 5.92 Å². The number of halogens is 1. The smallest absolute Gasteiger partial charge is 0.298 e. The largest absolute Gasteiger partial charge is 0.423 e. The molecule has 1 unspecified atom stereocenters. The van der Waals surface area contributed by atoms with Crippen LogP contribution in [-0.4, -0.2) is 40.9 Å². The lowest BCUT2D eigenvalue weighted by Gasteiger charge is -2.32. The number of amides is 1. The zero-order valence-electron chi connectivity index (χ0n) is 14.4. The highest BCUT2D eigenvalue weighted by atomic mass is 35.5. The number of benzene rings is 1. The lowest BCUT2D eigenvalue weighted by molar-refractivity contribution is -0.135. The first-order valence-electron chi connectivity index (χ1n) is 8.53. The molecule has 0 spiro atoms. The number of hydrogen-bond acceptors (Lipinski definition) is 6. The Bertz CT molecular complexity index is 911. The molecule has 1 amide bonds. The van der Waals surface area contributed by atoms with Crippen LogP contribution in [0.25, 0.3) is 11.1 Å². The van der Waals surface area contributed by atoms with E-state index < -0.39 is 0 Å². The van der Waals surface area contributed by atoms with Gasteiger partial charge in [-0.25, -0.2) is 4.98 Å². The molecule has 1 aliphatic rings. The van der Waals surface area contributed by atoms with Crippen LogP contribution in [0, 0.1) is 5.92 Å². The fraction of sp³-hybridized carbons (Fsp3) is 0.389. The molecule has 2 aromatic heterocycles. The predicted octanol–water partition coefficient (Wildman–Crippen LogP) is 3.81. The van der Waals surface area contributed by atoms with Crippen LogP contribution in [0.5, 0.6) is 0 Å². The summed E-state index contributed by atoms with van der Waals surface area (Å²) in [5, 5.41) is 2.60. The molecule has 6 nitrogen and oxygen atoms in total. The number of aromatic nitrogens is 2. The zero-order valence-corrected chi connectivity index (χ0v) is 16.0. The standard InChI is InChI=1S/C18H19ClN4O2S/c1-22(9-14-10-26-11-20-14)17(24)12-3-2-6-23(8-12)18-21-15-7-13(19)4-5-16(15)25-18/h4-5,7,10-12H,2-3,6,8-9H2,1H3. The number of carbonyl (C=O) groups is 1. The van der Waals surface area contributed by atoms with Crippen LogP contribution in [0.2, 0.25) is 5.02 Å². The molecule has 0 radical (unpaired) electrons. The van der Waals surface area contributed by atoms with Crippen molar-refractivity contribution in [3.63, 3.8) is 0 Å². The highest BCUT2D eigenvalue weighted by Crippen LogP contribution is 2.28. The summed E-state index contributed by atoms with van der Waals surface area (Å²) in [6, 6.07) is 5.96. The summed E-state index contributed by atoms with van der Waals surface area (Å²) < 4.78 is 5.86. The number of anilines is 1. The zero-order chi connectivity index (χ0) is 18.1. The molecule has 8 heteroatoms. The first-order valence-corrected chi connectivity index (χ1v) is 9.85. The van der Waals surface area contributed by atoms with E-state index in [9.17, 15) is 4.79 Å².